The molecule has 1 rings (SSSR count). The van der Waals surface area contributed by atoms with Gasteiger partial charge in [-0.1, -0.05) is 32.1 Å². The first-order chi connectivity index (χ1) is 19.4. The number of nitrogens with two attached hydrogens (primary N) is 1. The number of amides is 5. The molecule has 13 nitrogen and oxygen atoms in total. The standard InChI is InChI=1S/C27H41N5O8S/c1-4-22(31-24(34)11-7-6-8-17-41(38,39)5-2)25(35)32-23(10-9-16-29-27(28)37)26(36)30-21-14-12-20(13-15-21)18-40-19(3)33/h5,12-15,22-23H,2,4,6-11,16-18H2,1,3H3,(H,30,36)(H,31,34)(H,32,35)(H3,28,29,37)/t22-,23-/m1/s1. The number of rotatable bonds is 19. The summed E-state index contributed by atoms with van der Waals surface area (Å²) in [5, 5.41) is 11.4. The van der Waals surface area contributed by atoms with Crippen molar-refractivity contribution in [3.05, 3.63) is 41.8 Å². The van der Waals surface area contributed by atoms with Crippen LogP contribution >= 0.6 is 0 Å². The van der Waals surface area contributed by atoms with Gasteiger partial charge in [-0.25, -0.2) is 13.2 Å². The largest absolute Gasteiger partial charge is 0.461 e. The Bertz CT molecular complexity index is 1150. The Morgan fingerprint density at radius 3 is 2.24 bits per heavy atom. The first kappa shape index (κ1) is 35.1. The molecule has 0 heterocycles. The van der Waals surface area contributed by atoms with Gasteiger partial charge in [0.1, 0.15) is 18.7 Å². The molecule has 0 aromatic heterocycles. The van der Waals surface area contributed by atoms with Crippen molar-refractivity contribution in [3.8, 4) is 0 Å². The molecule has 0 spiro atoms. The monoisotopic (exact) mass is 595 g/mol. The average molecular weight is 596 g/mol. The molecule has 0 fully saturated rings. The summed E-state index contributed by atoms with van der Waals surface area (Å²) in [7, 11) is -3.28. The highest BCUT2D eigenvalue weighted by Gasteiger charge is 2.26. The summed E-state index contributed by atoms with van der Waals surface area (Å²) in [6, 6.07) is 4.06. The number of esters is 1. The number of anilines is 1. The molecule has 6 N–H and O–H groups in total. The lowest BCUT2D eigenvalue weighted by atomic mass is 10.1. The van der Waals surface area contributed by atoms with E-state index in [1.165, 1.54) is 6.92 Å². The van der Waals surface area contributed by atoms with E-state index in [4.69, 9.17) is 10.5 Å². The fourth-order valence-corrected chi connectivity index (χ4v) is 4.40. The van der Waals surface area contributed by atoms with Crippen LogP contribution in [0.1, 0.15) is 64.4 Å². The van der Waals surface area contributed by atoms with E-state index in [1.807, 2.05) is 0 Å². The Morgan fingerprint density at radius 2 is 1.66 bits per heavy atom. The van der Waals surface area contributed by atoms with Gasteiger partial charge in [-0.2, -0.15) is 0 Å². The van der Waals surface area contributed by atoms with Crippen LogP contribution < -0.4 is 27.0 Å². The Hall–Kier alpha value is -3.94. The lowest BCUT2D eigenvalue weighted by Crippen LogP contribution is -2.52. The van der Waals surface area contributed by atoms with E-state index < -0.39 is 45.7 Å². The number of carbonyl (C=O) groups excluding carboxylic acids is 5. The quantitative estimate of drug-likeness (QED) is 0.117. The number of nitrogens with one attached hydrogen (secondary N) is 4. The van der Waals surface area contributed by atoms with Gasteiger partial charge in [0.15, 0.2) is 9.84 Å². The van der Waals surface area contributed by atoms with Crippen LogP contribution in [0.5, 0.6) is 0 Å². The number of sulfone groups is 1. The van der Waals surface area contributed by atoms with Crippen LogP contribution in [0.3, 0.4) is 0 Å². The molecular weight excluding hydrogens is 554 g/mol. The van der Waals surface area contributed by atoms with E-state index in [0.29, 0.717) is 31.4 Å². The summed E-state index contributed by atoms with van der Waals surface area (Å²) in [6.07, 6.45) is 2.29. The number of primary amides is 1. The predicted molar refractivity (Wildman–Crippen MR) is 154 cm³/mol. The van der Waals surface area contributed by atoms with Gasteiger partial charge in [-0.05, 0) is 49.8 Å². The van der Waals surface area contributed by atoms with Crippen molar-refractivity contribution in [1.82, 2.24) is 16.0 Å². The molecule has 0 aliphatic carbocycles. The summed E-state index contributed by atoms with van der Waals surface area (Å²) >= 11 is 0. The SMILES string of the molecule is C=CS(=O)(=O)CCCCCC(=O)N[C@H](CC)C(=O)N[C@H](CCCNC(N)=O)C(=O)Nc1ccc(COC(C)=O)cc1. The summed E-state index contributed by atoms with van der Waals surface area (Å²) in [4.78, 5) is 60.4. The second-order valence-corrected chi connectivity index (χ2v) is 11.4. The minimum Gasteiger partial charge on any atom is -0.461 e. The Morgan fingerprint density at radius 1 is 0.976 bits per heavy atom. The molecule has 0 saturated heterocycles. The molecular formula is C27H41N5O8S. The molecule has 14 heteroatoms. The predicted octanol–water partition coefficient (Wildman–Crippen LogP) is 1.64. The van der Waals surface area contributed by atoms with Crippen molar-refractivity contribution in [3.63, 3.8) is 0 Å². The third-order valence-electron chi connectivity index (χ3n) is 5.91. The van der Waals surface area contributed by atoms with E-state index in [1.54, 1.807) is 31.2 Å². The van der Waals surface area contributed by atoms with Gasteiger partial charge in [0.2, 0.25) is 17.7 Å². The molecule has 41 heavy (non-hydrogen) atoms. The van der Waals surface area contributed by atoms with E-state index in [9.17, 15) is 32.4 Å². The first-order valence-electron chi connectivity index (χ1n) is 13.4. The Labute approximate surface area is 240 Å². The van der Waals surface area contributed by atoms with Crippen molar-refractivity contribution < 1.29 is 37.1 Å². The highest BCUT2D eigenvalue weighted by molar-refractivity contribution is 7.94. The molecule has 0 aliphatic rings. The zero-order chi connectivity index (χ0) is 30.8. The summed E-state index contributed by atoms with van der Waals surface area (Å²) in [5.74, 6) is -1.85. The van der Waals surface area contributed by atoms with Crippen molar-refractivity contribution in [2.45, 2.75) is 77.5 Å². The maximum Gasteiger partial charge on any atom is 0.312 e. The smallest absolute Gasteiger partial charge is 0.312 e. The van der Waals surface area contributed by atoms with Crippen molar-refractivity contribution in [2.24, 2.45) is 5.73 Å². The molecule has 1 aromatic carbocycles. The minimum absolute atomic E-state index is 0.0328. The number of carbonyl (C=O) groups is 5. The van der Waals surface area contributed by atoms with Gasteiger partial charge >= 0.3 is 12.0 Å². The van der Waals surface area contributed by atoms with Crippen molar-refractivity contribution >= 4 is 45.2 Å². The number of urea groups is 1. The maximum absolute atomic E-state index is 13.1. The van der Waals surface area contributed by atoms with Crippen LogP contribution in [-0.4, -0.2) is 62.5 Å². The van der Waals surface area contributed by atoms with Gasteiger partial charge < -0.3 is 31.7 Å². The van der Waals surface area contributed by atoms with Gasteiger partial charge in [-0.15, -0.1) is 0 Å². The molecule has 228 valence electrons. The fraction of sp³-hybridized carbons (Fsp3) is 0.519. The Balaban J connectivity index is 2.74. The van der Waals surface area contributed by atoms with E-state index in [0.717, 1.165) is 11.0 Å². The molecule has 1 aromatic rings. The summed E-state index contributed by atoms with van der Waals surface area (Å²) in [5.41, 5.74) is 6.27. The topological polar surface area (TPSA) is 203 Å². The minimum atomic E-state index is -3.28. The van der Waals surface area contributed by atoms with Gasteiger partial charge in [0, 0.05) is 31.0 Å². The van der Waals surface area contributed by atoms with E-state index in [2.05, 4.69) is 27.8 Å². The maximum atomic E-state index is 13.1. The molecule has 0 unspecified atom stereocenters. The molecule has 2 atom stereocenters. The summed E-state index contributed by atoms with van der Waals surface area (Å²) in [6.45, 7) is 6.57. The molecule has 5 amide bonds. The number of benzene rings is 1. The Kier molecular flexibility index (Phi) is 15.8. The number of ether oxygens (including phenoxy) is 1. The van der Waals surface area contributed by atoms with E-state index in [-0.39, 0.29) is 44.1 Å². The molecule has 0 aliphatic heterocycles. The van der Waals surface area contributed by atoms with Crippen molar-refractivity contribution in [2.75, 3.05) is 17.6 Å². The average Bonchev–Trinajstić information content (AvgIpc) is 2.92. The highest BCUT2D eigenvalue weighted by atomic mass is 32.2. The molecule has 0 radical (unpaired) electrons. The van der Waals surface area contributed by atoms with Crippen LogP contribution in [0.25, 0.3) is 0 Å². The molecule has 0 saturated carbocycles. The molecule has 0 bridgehead atoms. The number of unbranched alkanes of at least 4 members (excludes halogenated alkanes) is 2. The van der Waals surface area contributed by atoms with Crippen LogP contribution in [0.4, 0.5) is 10.5 Å². The number of hydrogen-bond donors (Lipinski definition) is 5. The third-order valence-corrected chi connectivity index (χ3v) is 7.28. The second-order valence-electron chi connectivity index (χ2n) is 9.33. The summed E-state index contributed by atoms with van der Waals surface area (Å²) < 4.78 is 27.9. The fourth-order valence-electron chi connectivity index (χ4n) is 3.63. The van der Waals surface area contributed by atoms with Crippen LogP contribution in [0.15, 0.2) is 36.3 Å². The van der Waals surface area contributed by atoms with Gasteiger partial charge in [0.05, 0.1) is 5.75 Å². The van der Waals surface area contributed by atoms with Crippen molar-refractivity contribution in [1.29, 1.82) is 0 Å². The van der Waals surface area contributed by atoms with Crippen LogP contribution in [-0.2, 0) is 40.4 Å². The first-order valence-corrected chi connectivity index (χ1v) is 15.1. The third kappa shape index (κ3) is 15.4. The second kappa shape index (κ2) is 18.4. The zero-order valence-corrected chi connectivity index (χ0v) is 24.4. The van der Waals surface area contributed by atoms with Crippen LogP contribution in [0, 0.1) is 0 Å². The lowest BCUT2D eigenvalue weighted by molar-refractivity contribution is -0.142. The lowest BCUT2D eigenvalue weighted by Gasteiger charge is -2.23. The van der Waals surface area contributed by atoms with Gasteiger partial charge in [0.25, 0.3) is 0 Å². The van der Waals surface area contributed by atoms with Gasteiger partial charge in [-0.3, -0.25) is 19.2 Å². The van der Waals surface area contributed by atoms with E-state index >= 15 is 0 Å². The zero-order valence-electron chi connectivity index (χ0n) is 23.6. The normalized spacial score (nSPS) is 12.3. The van der Waals surface area contributed by atoms with Crippen LogP contribution in [0.2, 0.25) is 0 Å². The highest BCUT2D eigenvalue weighted by Crippen LogP contribution is 2.12. The number of hydrogen-bond acceptors (Lipinski definition) is 8.